The number of nitrogens with zero attached hydrogens (tertiary/aromatic N) is 6. The summed E-state index contributed by atoms with van der Waals surface area (Å²) in [5.74, 6) is 1.11. The van der Waals surface area contributed by atoms with E-state index < -0.39 is 0 Å². The van der Waals surface area contributed by atoms with Crippen molar-refractivity contribution >= 4 is 34.4 Å². The van der Waals surface area contributed by atoms with Crippen LogP contribution in [0.5, 0.6) is 0 Å². The van der Waals surface area contributed by atoms with E-state index in [1.807, 2.05) is 35.9 Å². The Balaban J connectivity index is 1.49. The van der Waals surface area contributed by atoms with Crippen LogP contribution in [0.3, 0.4) is 0 Å². The Morgan fingerprint density at radius 1 is 1.17 bits per heavy atom. The molecule has 0 spiro atoms. The van der Waals surface area contributed by atoms with Crippen molar-refractivity contribution < 1.29 is 4.42 Å². The number of tetrazole rings is 1. The lowest BCUT2D eigenvalue weighted by Gasteiger charge is -2.06. The molecule has 0 bridgehead atoms. The van der Waals surface area contributed by atoms with Crippen LogP contribution in [0.4, 0.5) is 0 Å². The molecule has 4 aromatic rings. The molecule has 24 heavy (non-hydrogen) atoms. The molecule has 122 valence electrons. The zero-order valence-corrected chi connectivity index (χ0v) is 15.0. The lowest BCUT2D eigenvalue weighted by molar-refractivity contribution is 0.509. The first kappa shape index (κ1) is 15.5. The molecule has 0 aliphatic heterocycles. The van der Waals surface area contributed by atoms with Gasteiger partial charge in [0.15, 0.2) is 0 Å². The third-order valence-electron chi connectivity index (χ3n) is 3.19. The Morgan fingerprint density at radius 2 is 2.04 bits per heavy atom. The summed E-state index contributed by atoms with van der Waals surface area (Å²) in [5.41, 5.74) is 0. The highest BCUT2D eigenvalue weighted by atomic mass is 32.2. The average molecular weight is 376 g/mol. The highest BCUT2D eigenvalue weighted by Crippen LogP contribution is 2.34. The quantitative estimate of drug-likeness (QED) is 0.474. The van der Waals surface area contributed by atoms with Gasteiger partial charge in [-0.1, -0.05) is 23.9 Å². The largest absolute Gasteiger partial charge is 0.419 e. The van der Waals surface area contributed by atoms with Gasteiger partial charge < -0.3 is 4.42 Å². The summed E-state index contributed by atoms with van der Waals surface area (Å²) in [5, 5.41) is 24.9. The third-order valence-corrected chi connectivity index (χ3v) is 5.96. The van der Waals surface area contributed by atoms with Crippen molar-refractivity contribution in [3.05, 3.63) is 45.8 Å². The summed E-state index contributed by atoms with van der Waals surface area (Å²) >= 11 is 4.76. The van der Waals surface area contributed by atoms with Gasteiger partial charge in [0.1, 0.15) is 0 Å². The Bertz CT molecular complexity index is 899. The fraction of sp³-hybridized carbons (Fsp3) is 0.214. The molecule has 0 fully saturated rings. The van der Waals surface area contributed by atoms with Gasteiger partial charge in [-0.25, -0.2) is 4.68 Å². The van der Waals surface area contributed by atoms with E-state index >= 15 is 0 Å². The lowest BCUT2D eigenvalue weighted by atomic mass is 10.5. The van der Waals surface area contributed by atoms with Gasteiger partial charge in [0, 0.05) is 4.88 Å². The summed E-state index contributed by atoms with van der Waals surface area (Å²) in [7, 11) is 0. The molecule has 0 N–H and O–H groups in total. The number of thioether (sulfide) groups is 1. The Kier molecular flexibility index (Phi) is 4.41. The smallest absolute Gasteiger partial charge is 0.257 e. The molecule has 0 aromatic carbocycles. The van der Waals surface area contributed by atoms with E-state index in [1.54, 1.807) is 27.4 Å². The van der Waals surface area contributed by atoms with Crippen LogP contribution in [-0.2, 0) is 6.54 Å². The molecule has 0 aliphatic carbocycles. The van der Waals surface area contributed by atoms with Gasteiger partial charge in [0.2, 0.25) is 11.0 Å². The van der Waals surface area contributed by atoms with Gasteiger partial charge >= 0.3 is 0 Å². The van der Waals surface area contributed by atoms with Crippen LogP contribution in [0, 0.1) is 0 Å². The van der Waals surface area contributed by atoms with Crippen LogP contribution < -0.4 is 0 Å². The second kappa shape index (κ2) is 6.83. The molecule has 7 nitrogen and oxygen atoms in total. The maximum Gasteiger partial charge on any atom is 0.257 e. The number of hydrogen-bond donors (Lipinski definition) is 0. The second-order valence-electron chi connectivity index (χ2n) is 4.88. The first-order valence-corrected chi connectivity index (χ1v) is 9.76. The molecule has 10 heteroatoms. The minimum Gasteiger partial charge on any atom is -0.419 e. The predicted molar refractivity (Wildman–Crippen MR) is 93.1 cm³/mol. The van der Waals surface area contributed by atoms with Crippen LogP contribution in [0.25, 0.3) is 10.8 Å². The highest BCUT2D eigenvalue weighted by molar-refractivity contribution is 7.99. The number of thiophene rings is 2. The average Bonchev–Trinajstić information content (AvgIpc) is 3.37. The highest BCUT2D eigenvalue weighted by Gasteiger charge is 2.20. The van der Waals surface area contributed by atoms with Gasteiger partial charge in [-0.3, -0.25) is 0 Å². The molecule has 4 heterocycles. The van der Waals surface area contributed by atoms with Crippen molar-refractivity contribution in [2.45, 2.75) is 23.9 Å². The van der Waals surface area contributed by atoms with E-state index in [1.165, 1.54) is 16.6 Å². The topological polar surface area (TPSA) is 82.5 Å². The molecule has 0 aliphatic rings. The molecular formula is C14H12N6OS3. The fourth-order valence-corrected chi connectivity index (χ4v) is 4.19. The van der Waals surface area contributed by atoms with Crippen LogP contribution in [0.2, 0.25) is 0 Å². The maximum atomic E-state index is 5.78. The van der Waals surface area contributed by atoms with Crippen LogP contribution in [0.15, 0.2) is 44.6 Å². The Morgan fingerprint density at radius 3 is 2.83 bits per heavy atom. The summed E-state index contributed by atoms with van der Waals surface area (Å²) in [6, 6.07) is 8.00. The molecule has 4 aromatic heterocycles. The van der Waals surface area contributed by atoms with Crippen molar-refractivity contribution in [3.63, 3.8) is 0 Å². The third kappa shape index (κ3) is 3.25. The first-order valence-electron chi connectivity index (χ1n) is 7.12. The standard InChI is InChI=1S/C14H12N6OS3/c1-9(12-15-16-13(21-12)11-5-3-7-23-11)24-14-17-18-19-20(14)8-10-4-2-6-22-10/h2-7,9H,8H2,1H3/t9-/m1/s1. The molecular weight excluding hydrogens is 364 g/mol. The maximum absolute atomic E-state index is 5.78. The van der Waals surface area contributed by atoms with E-state index in [0.29, 0.717) is 18.3 Å². The predicted octanol–water partition coefficient (Wildman–Crippen LogP) is 3.75. The van der Waals surface area contributed by atoms with Gasteiger partial charge in [-0.2, -0.15) is 0 Å². The van der Waals surface area contributed by atoms with Gasteiger partial charge in [0.05, 0.1) is 16.7 Å². The van der Waals surface area contributed by atoms with E-state index in [0.717, 1.165) is 10.0 Å². The van der Waals surface area contributed by atoms with E-state index in [4.69, 9.17) is 4.42 Å². The van der Waals surface area contributed by atoms with Crippen LogP contribution in [0.1, 0.15) is 22.9 Å². The monoisotopic (exact) mass is 376 g/mol. The summed E-state index contributed by atoms with van der Waals surface area (Å²) < 4.78 is 7.56. The van der Waals surface area contributed by atoms with Crippen molar-refractivity contribution in [2.75, 3.05) is 0 Å². The van der Waals surface area contributed by atoms with E-state index in [9.17, 15) is 0 Å². The van der Waals surface area contributed by atoms with Crippen LogP contribution in [-0.4, -0.2) is 30.4 Å². The SMILES string of the molecule is C[C@@H](Sc1nnnn1Cc1cccs1)c1nnc(-c2cccs2)o1. The summed E-state index contributed by atoms with van der Waals surface area (Å²) in [6.45, 7) is 2.66. The number of aromatic nitrogens is 6. The fourth-order valence-electron chi connectivity index (χ4n) is 2.04. The Labute approximate surface area is 149 Å². The lowest BCUT2D eigenvalue weighted by Crippen LogP contribution is -2.03. The minimum atomic E-state index is -0.0423. The van der Waals surface area contributed by atoms with Crippen molar-refractivity contribution in [3.8, 4) is 10.8 Å². The summed E-state index contributed by atoms with van der Waals surface area (Å²) in [4.78, 5) is 2.17. The zero-order chi connectivity index (χ0) is 16.4. The van der Waals surface area contributed by atoms with Gasteiger partial charge in [0.25, 0.3) is 5.89 Å². The molecule has 4 rings (SSSR count). The minimum absolute atomic E-state index is 0.0423. The van der Waals surface area contributed by atoms with E-state index in [-0.39, 0.29) is 5.25 Å². The number of hydrogen-bond acceptors (Lipinski definition) is 9. The molecule has 1 atom stereocenters. The second-order valence-corrected chi connectivity index (χ2v) is 8.17. The van der Waals surface area contributed by atoms with Crippen LogP contribution >= 0.6 is 34.4 Å². The molecule has 0 amide bonds. The van der Waals surface area contributed by atoms with Gasteiger partial charge in [-0.15, -0.1) is 38.0 Å². The van der Waals surface area contributed by atoms with E-state index in [2.05, 4.69) is 31.8 Å². The molecule has 0 radical (unpaired) electrons. The zero-order valence-electron chi connectivity index (χ0n) is 12.6. The molecule has 0 saturated heterocycles. The van der Waals surface area contributed by atoms with Crippen molar-refractivity contribution in [1.29, 1.82) is 0 Å². The first-order chi connectivity index (χ1) is 11.8. The number of rotatable bonds is 6. The van der Waals surface area contributed by atoms with Crippen molar-refractivity contribution in [2.24, 2.45) is 0 Å². The Hall–Kier alpha value is -2.04. The molecule has 0 saturated carbocycles. The normalized spacial score (nSPS) is 12.5. The van der Waals surface area contributed by atoms with Gasteiger partial charge in [-0.05, 0) is 40.2 Å². The summed E-state index contributed by atoms with van der Waals surface area (Å²) in [6.07, 6.45) is 0. The molecule has 0 unspecified atom stereocenters. The van der Waals surface area contributed by atoms with Crippen molar-refractivity contribution in [1.82, 2.24) is 30.4 Å².